The van der Waals surface area contributed by atoms with Crippen LogP contribution in [0.5, 0.6) is 0 Å². The van der Waals surface area contributed by atoms with E-state index in [1.165, 1.54) is 11.8 Å². The average Bonchev–Trinajstić information content (AvgIpc) is 2.18. The highest BCUT2D eigenvalue weighted by Crippen LogP contribution is 2.01. The number of unbranched alkanes of at least 4 members (excludes halogenated alkanes) is 1. The number of carboxylic acid groups (broad SMARTS) is 1. The number of hydrogen-bond acceptors (Lipinski definition) is 4. The molecule has 0 radical (unpaired) electrons. The molecule has 0 heterocycles. The van der Waals surface area contributed by atoms with Crippen molar-refractivity contribution < 1.29 is 14.7 Å². The molecule has 0 aromatic rings. The van der Waals surface area contributed by atoms with Crippen LogP contribution in [0.2, 0.25) is 0 Å². The highest BCUT2D eigenvalue weighted by Gasteiger charge is 2.11. The summed E-state index contributed by atoms with van der Waals surface area (Å²) in [5.74, 6) is -0.568. The summed E-state index contributed by atoms with van der Waals surface area (Å²) in [6.45, 7) is 2.73. The van der Waals surface area contributed by atoms with E-state index in [4.69, 9.17) is 10.8 Å². The predicted molar refractivity (Wildman–Crippen MR) is 60.9 cm³/mol. The molecule has 0 aliphatic rings. The molecule has 6 heteroatoms. The Kier molecular flexibility index (Phi) is 8.12. The molecule has 0 saturated carbocycles. The van der Waals surface area contributed by atoms with Gasteiger partial charge in [0.15, 0.2) is 0 Å². The number of nitrogens with one attached hydrogen (secondary N) is 1. The second-order valence-corrected chi connectivity index (χ2v) is 4.19. The Hall–Kier alpha value is -0.750. The number of amides is 1. The molecule has 1 amide bonds. The Balaban J connectivity index is 3.42. The van der Waals surface area contributed by atoms with E-state index in [1.807, 2.05) is 6.92 Å². The quantitative estimate of drug-likeness (QED) is 0.516. The van der Waals surface area contributed by atoms with Crippen molar-refractivity contribution in [2.45, 2.75) is 25.8 Å². The number of aliphatic carboxylic acids is 1. The van der Waals surface area contributed by atoms with Crippen LogP contribution in [0.1, 0.15) is 19.8 Å². The van der Waals surface area contributed by atoms with Crippen molar-refractivity contribution in [2.24, 2.45) is 5.73 Å². The number of hydrogen-bond donors (Lipinski definition) is 3. The lowest BCUT2D eigenvalue weighted by Crippen LogP contribution is -2.33. The fraction of sp³-hybridized carbons (Fsp3) is 0.778. The van der Waals surface area contributed by atoms with Crippen LogP contribution >= 0.6 is 11.8 Å². The molecule has 0 aromatic heterocycles. The Morgan fingerprint density at radius 1 is 1.53 bits per heavy atom. The van der Waals surface area contributed by atoms with Crippen LogP contribution in [0.25, 0.3) is 0 Å². The van der Waals surface area contributed by atoms with E-state index in [1.54, 1.807) is 0 Å². The smallest absolute Gasteiger partial charge is 0.321 e. The zero-order chi connectivity index (χ0) is 11.7. The van der Waals surface area contributed by atoms with E-state index in [2.05, 4.69) is 5.32 Å². The van der Waals surface area contributed by atoms with E-state index < -0.39 is 12.0 Å². The molecule has 0 bridgehead atoms. The van der Waals surface area contributed by atoms with E-state index in [0.717, 1.165) is 12.8 Å². The molecule has 0 fully saturated rings. The number of carbonyl (C=O) groups is 2. The van der Waals surface area contributed by atoms with Crippen LogP contribution < -0.4 is 11.1 Å². The Morgan fingerprint density at radius 3 is 2.73 bits per heavy atom. The van der Waals surface area contributed by atoms with Crippen molar-refractivity contribution in [1.82, 2.24) is 5.32 Å². The van der Waals surface area contributed by atoms with Gasteiger partial charge in [0.05, 0.1) is 5.75 Å². The normalized spacial score (nSPS) is 12.1. The van der Waals surface area contributed by atoms with Crippen LogP contribution in [0.4, 0.5) is 0 Å². The second kappa shape index (κ2) is 8.55. The van der Waals surface area contributed by atoms with E-state index in [-0.39, 0.29) is 17.4 Å². The highest BCUT2D eigenvalue weighted by molar-refractivity contribution is 8.00. The second-order valence-electron chi connectivity index (χ2n) is 3.16. The molecular weight excluding hydrogens is 216 g/mol. The van der Waals surface area contributed by atoms with Crippen LogP contribution in [-0.2, 0) is 9.59 Å². The minimum atomic E-state index is -1.03. The third kappa shape index (κ3) is 8.26. The van der Waals surface area contributed by atoms with Crippen LogP contribution in [0, 0.1) is 0 Å². The van der Waals surface area contributed by atoms with Gasteiger partial charge < -0.3 is 16.2 Å². The first-order valence-electron chi connectivity index (χ1n) is 4.90. The minimum absolute atomic E-state index is 0.0639. The Bertz CT molecular complexity index is 212. The summed E-state index contributed by atoms with van der Waals surface area (Å²) < 4.78 is 0. The minimum Gasteiger partial charge on any atom is -0.480 e. The summed E-state index contributed by atoms with van der Waals surface area (Å²) >= 11 is 1.24. The molecule has 5 nitrogen and oxygen atoms in total. The lowest BCUT2D eigenvalue weighted by atomic mass is 10.3. The zero-order valence-electron chi connectivity index (χ0n) is 8.86. The van der Waals surface area contributed by atoms with Crippen LogP contribution in [0.15, 0.2) is 0 Å². The van der Waals surface area contributed by atoms with Crippen LogP contribution in [0.3, 0.4) is 0 Å². The maximum Gasteiger partial charge on any atom is 0.321 e. The highest BCUT2D eigenvalue weighted by atomic mass is 32.2. The van der Waals surface area contributed by atoms with E-state index in [0.29, 0.717) is 6.54 Å². The molecule has 0 unspecified atom stereocenters. The zero-order valence-corrected chi connectivity index (χ0v) is 9.68. The molecule has 0 aliphatic heterocycles. The number of thioether (sulfide) groups is 1. The van der Waals surface area contributed by atoms with Crippen molar-refractivity contribution in [3.05, 3.63) is 0 Å². The molecule has 0 aliphatic carbocycles. The fourth-order valence-electron chi connectivity index (χ4n) is 0.805. The third-order valence-corrected chi connectivity index (χ3v) is 2.76. The number of carbonyl (C=O) groups excluding carboxylic acids is 1. The van der Waals surface area contributed by atoms with Gasteiger partial charge in [-0.25, -0.2) is 0 Å². The third-order valence-electron chi connectivity index (χ3n) is 1.70. The molecular formula is C9H18N2O3S. The van der Waals surface area contributed by atoms with Gasteiger partial charge in [0, 0.05) is 12.3 Å². The summed E-state index contributed by atoms with van der Waals surface area (Å²) in [6, 6.07) is -0.890. The van der Waals surface area contributed by atoms with Gasteiger partial charge in [-0.05, 0) is 6.42 Å². The van der Waals surface area contributed by atoms with Crippen LogP contribution in [-0.4, -0.2) is 41.1 Å². The summed E-state index contributed by atoms with van der Waals surface area (Å²) in [5.41, 5.74) is 5.27. The fourth-order valence-corrected chi connectivity index (χ4v) is 1.61. The molecule has 1 atom stereocenters. The van der Waals surface area contributed by atoms with Gasteiger partial charge in [0.1, 0.15) is 6.04 Å². The van der Waals surface area contributed by atoms with E-state index >= 15 is 0 Å². The largest absolute Gasteiger partial charge is 0.480 e. The molecule has 15 heavy (non-hydrogen) atoms. The average molecular weight is 234 g/mol. The number of carboxylic acids is 1. The van der Waals surface area contributed by atoms with E-state index in [9.17, 15) is 9.59 Å². The van der Waals surface area contributed by atoms with Gasteiger partial charge in [0.2, 0.25) is 5.91 Å². The molecule has 4 N–H and O–H groups in total. The summed E-state index contributed by atoms with van der Waals surface area (Å²) in [5, 5.41) is 11.2. The lowest BCUT2D eigenvalue weighted by Gasteiger charge is -2.06. The first-order chi connectivity index (χ1) is 7.07. The molecule has 88 valence electrons. The van der Waals surface area contributed by atoms with Crippen molar-refractivity contribution >= 4 is 23.6 Å². The first kappa shape index (κ1) is 14.2. The molecule has 0 spiro atoms. The van der Waals surface area contributed by atoms with Gasteiger partial charge in [-0.2, -0.15) is 0 Å². The Labute approximate surface area is 93.8 Å². The van der Waals surface area contributed by atoms with Gasteiger partial charge >= 0.3 is 5.97 Å². The standard InChI is InChI=1S/C9H18N2O3S/c1-2-3-4-11-8(12)6-15-5-7(10)9(13)14/h7H,2-6,10H2,1H3,(H,11,12)(H,13,14)/t7-/m1/s1. The van der Waals surface area contributed by atoms with Gasteiger partial charge in [-0.3, -0.25) is 9.59 Å². The number of rotatable bonds is 8. The molecule has 0 rings (SSSR count). The van der Waals surface area contributed by atoms with Crippen molar-refractivity contribution in [1.29, 1.82) is 0 Å². The first-order valence-corrected chi connectivity index (χ1v) is 6.06. The maximum atomic E-state index is 11.1. The SMILES string of the molecule is CCCCNC(=O)CSC[C@@H](N)C(=O)O. The summed E-state index contributed by atoms with van der Waals surface area (Å²) in [6.07, 6.45) is 2.00. The van der Waals surface area contributed by atoms with Crippen molar-refractivity contribution in [3.8, 4) is 0 Å². The number of nitrogens with two attached hydrogens (primary N) is 1. The van der Waals surface area contributed by atoms with Gasteiger partial charge in [-0.15, -0.1) is 11.8 Å². The summed E-state index contributed by atoms with van der Waals surface area (Å²) in [4.78, 5) is 21.5. The Morgan fingerprint density at radius 2 is 2.20 bits per heavy atom. The predicted octanol–water partition coefficient (Wildman–Crippen LogP) is 0.0478. The topological polar surface area (TPSA) is 92.4 Å². The van der Waals surface area contributed by atoms with Gasteiger partial charge in [0.25, 0.3) is 0 Å². The molecule has 0 saturated heterocycles. The van der Waals surface area contributed by atoms with Gasteiger partial charge in [-0.1, -0.05) is 13.3 Å². The van der Waals surface area contributed by atoms with Crippen molar-refractivity contribution in [2.75, 3.05) is 18.1 Å². The lowest BCUT2D eigenvalue weighted by molar-refractivity contribution is -0.138. The summed E-state index contributed by atoms with van der Waals surface area (Å²) in [7, 11) is 0. The monoisotopic (exact) mass is 234 g/mol. The molecule has 0 aromatic carbocycles. The maximum absolute atomic E-state index is 11.1. The van der Waals surface area contributed by atoms with Crippen molar-refractivity contribution in [3.63, 3.8) is 0 Å².